The molecule has 0 aliphatic rings. The van der Waals surface area contributed by atoms with Crippen molar-refractivity contribution in [3.05, 3.63) is 66.5 Å². The lowest BCUT2D eigenvalue weighted by molar-refractivity contribution is 0.250. The zero-order valence-corrected chi connectivity index (χ0v) is 15.2. The molecule has 0 fully saturated rings. The molecule has 0 aliphatic heterocycles. The third kappa shape index (κ3) is 3.55. The quantitative estimate of drug-likeness (QED) is 0.689. The Morgan fingerprint density at radius 2 is 1.92 bits per heavy atom. The van der Waals surface area contributed by atoms with Crippen molar-refractivity contribution in [2.75, 3.05) is 20.3 Å². The second-order valence-electron chi connectivity index (χ2n) is 5.73. The van der Waals surface area contributed by atoms with Gasteiger partial charge in [0.25, 0.3) is 0 Å². The summed E-state index contributed by atoms with van der Waals surface area (Å²) < 4.78 is 33.2. The minimum atomic E-state index is -3.82. The first-order valence-corrected chi connectivity index (χ1v) is 9.57. The highest BCUT2D eigenvalue weighted by Crippen LogP contribution is 2.27. The molecule has 0 radical (unpaired) electrons. The smallest absolute Gasteiger partial charge is 0.244 e. The van der Waals surface area contributed by atoms with Gasteiger partial charge in [-0.1, -0.05) is 30.3 Å². The Hall–Kier alpha value is -2.48. The van der Waals surface area contributed by atoms with E-state index >= 15 is 0 Å². The van der Waals surface area contributed by atoms with Gasteiger partial charge in [0.15, 0.2) is 0 Å². The zero-order valence-electron chi connectivity index (χ0n) is 14.4. The van der Waals surface area contributed by atoms with Crippen LogP contribution in [0.15, 0.2) is 65.8 Å². The van der Waals surface area contributed by atoms with Crippen molar-refractivity contribution in [1.82, 2.24) is 9.29 Å². The first-order chi connectivity index (χ1) is 12.6. The molecule has 6 nitrogen and oxygen atoms in total. The number of nitrogens with zero attached hydrogens (tertiary/aromatic N) is 2. The molecule has 136 valence electrons. The predicted octanol–water partition coefficient (Wildman–Crippen LogP) is 2.43. The van der Waals surface area contributed by atoms with Crippen molar-refractivity contribution in [3.8, 4) is 5.75 Å². The number of hydrogen-bond donors (Lipinski definition) is 1. The first kappa shape index (κ1) is 18.3. The van der Waals surface area contributed by atoms with E-state index in [1.165, 1.54) is 4.31 Å². The van der Waals surface area contributed by atoms with Crippen molar-refractivity contribution >= 4 is 20.8 Å². The van der Waals surface area contributed by atoms with Gasteiger partial charge in [0.05, 0.1) is 18.6 Å². The fourth-order valence-electron chi connectivity index (χ4n) is 2.88. The maximum Gasteiger partial charge on any atom is 0.244 e. The van der Waals surface area contributed by atoms with E-state index in [4.69, 9.17) is 4.74 Å². The summed E-state index contributed by atoms with van der Waals surface area (Å²) in [5.41, 5.74) is 0.730. The highest BCUT2D eigenvalue weighted by atomic mass is 32.2. The molecule has 0 unspecified atom stereocenters. The number of rotatable bonds is 7. The molecule has 0 amide bonds. The molecular weight excluding hydrogens is 352 g/mol. The number of benzene rings is 2. The Kier molecular flexibility index (Phi) is 5.51. The zero-order chi connectivity index (χ0) is 18.6. The van der Waals surface area contributed by atoms with Gasteiger partial charge in [0.2, 0.25) is 10.0 Å². The number of aliphatic hydroxyl groups is 1. The van der Waals surface area contributed by atoms with Gasteiger partial charge in [-0.25, -0.2) is 8.42 Å². The summed E-state index contributed by atoms with van der Waals surface area (Å²) in [5.74, 6) is 0.604. The number of aliphatic hydroxyl groups excluding tert-OH is 1. The van der Waals surface area contributed by atoms with Crippen LogP contribution in [0.25, 0.3) is 10.8 Å². The van der Waals surface area contributed by atoms with E-state index in [1.54, 1.807) is 43.8 Å². The van der Waals surface area contributed by atoms with Crippen LogP contribution in [-0.2, 0) is 16.6 Å². The van der Waals surface area contributed by atoms with Crippen molar-refractivity contribution in [2.45, 2.75) is 11.4 Å². The molecule has 0 aliphatic carbocycles. The number of methoxy groups -OCH3 is 1. The summed E-state index contributed by atoms with van der Waals surface area (Å²) in [4.78, 5) is 4.24. The lowest BCUT2D eigenvalue weighted by Crippen LogP contribution is -2.33. The fourth-order valence-corrected chi connectivity index (χ4v) is 4.50. The summed E-state index contributed by atoms with van der Waals surface area (Å²) in [6, 6.07) is 14.0. The third-order valence-electron chi connectivity index (χ3n) is 4.15. The van der Waals surface area contributed by atoms with Crippen LogP contribution in [0.2, 0.25) is 0 Å². The van der Waals surface area contributed by atoms with Gasteiger partial charge in [-0.3, -0.25) is 4.98 Å². The van der Waals surface area contributed by atoms with Crippen LogP contribution in [0.5, 0.6) is 5.75 Å². The molecule has 0 spiro atoms. The van der Waals surface area contributed by atoms with Crippen molar-refractivity contribution < 1.29 is 18.3 Å². The predicted molar refractivity (Wildman–Crippen MR) is 99.4 cm³/mol. The topological polar surface area (TPSA) is 79.7 Å². The van der Waals surface area contributed by atoms with Crippen LogP contribution < -0.4 is 4.74 Å². The average Bonchev–Trinajstić information content (AvgIpc) is 2.67. The molecule has 0 saturated heterocycles. The first-order valence-electron chi connectivity index (χ1n) is 8.13. The maximum absolute atomic E-state index is 13.3. The number of aromatic nitrogens is 1. The van der Waals surface area contributed by atoms with E-state index in [1.807, 2.05) is 24.3 Å². The summed E-state index contributed by atoms with van der Waals surface area (Å²) >= 11 is 0. The van der Waals surface area contributed by atoms with Crippen molar-refractivity contribution in [3.63, 3.8) is 0 Å². The third-order valence-corrected chi connectivity index (χ3v) is 6.05. The molecule has 26 heavy (non-hydrogen) atoms. The van der Waals surface area contributed by atoms with Gasteiger partial charge in [0, 0.05) is 41.8 Å². The van der Waals surface area contributed by atoms with Gasteiger partial charge < -0.3 is 9.84 Å². The molecule has 3 rings (SSSR count). The normalized spacial score (nSPS) is 11.8. The highest BCUT2D eigenvalue weighted by molar-refractivity contribution is 7.89. The molecule has 1 N–H and O–H groups in total. The number of para-hydroxylation sites is 1. The summed E-state index contributed by atoms with van der Waals surface area (Å²) in [7, 11) is -2.28. The fraction of sp³-hybridized carbons (Fsp3) is 0.211. The Morgan fingerprint density at radius 1 is 1.12 bits per heavy atom. The molecule has 2 aromatic carbocycles. The Bertz CT molecular complexity index is 1000. The minimum absolute atomic E-state index is 0.0121. The van der Waals surface area contributed by atoms with Gasteiger partial charge in [-0.2, -0.15) is 4.31 Å². The lowest BCUT2D eigenvalue weighted by atomic mass is 10.2. The largest absolute Gasteiger partial charge is 0.496 e. The van der Waals surface area contributed by atoms with Gasteiger partial charge >= 0.3 is 0 Å². The lowest BCUT2D eigenvalue weighted by Gasteiger charge is -2.23. The Balaban J connectivity index is 2.06. The maximum atomic E-state index is 13.3. The Labute approximate surface area is 152 Å². The second-order valence-corrected chi connectivity index (χ2v) is 7.63. The van der Waals surface area contributed by atoms with E-state index in [9.17, 15) is 13.5 Å². The summed E-state index contributed by atoms with van der Waals surface area (Å²) in [5, 5.41) is 10.8. The van der Waals surface area contributed by atoms with E-state index in [0.717, 1.165) is 10.9 Å². The van der Waals surface area contributed by atoms with Gasteiger partial charge in [-0.15, -0.1) is 0 Å². The number of fused-ring (bicyclic) bond motifs is 1. The van der Waals surface area contributed by atoms with Crippen LogP contribution >= 0.6 is 0 Å². The molecular formula is C19H20N2O4S. The van der Waals surface area contributed by atoms with E-state index < -0.39 is 10.0 Å². The second kappa shape index (κ2) is 7.82. The van der Waals surface area contributed by atoms with E-state index in [0.29, 0.717) is 11.1 Å². The molecule has 1 aromatic heterocycles. The number of ether oxygens (including phenoxy) is 1. The molecule has 7 heteroatoms. The number of hydrogen-bond acceptors (Lipinski definition) is 5. The summed E-state index contributed by atoms with van der Waals surface area (Å²) in [6.07, 6.45) is 3.20. The monoisotopic (exact) mass is 372 g/mol. The molecule has 0 atom stereocenters. The van der Waals surface area contributed by atoms with Crippen LogP contribution in [0.3, 0.4) is 0 Å². The highest BCUT2D eigenvalue weighted by Gasteiger charge is 2.26. The molecule has 0 saturated carbocycles. The molecule has 0 bridgehead atoms. The SMILES string of the molecule is COc1ccccc1CN(CCO)S(=O)(=O)c1cccc2cnccc12. The van der Waals surface area contributed by atoms with Crippen LogP contribution in [0.4, 0.5) is 0 Å². The van der Waals surface area contributed by atoms with Crippen LogP contribution in [0, 0.1) is 0 Å². The summed E-state index contributed by atoms with van der Waals surface area (Å²) in [6.45, 7) is -0.184. The standard InChI is InChI=1S/C19H20N2O4S/c1-25-18-7-3-2-5-16(18)14-21(11-12-22)26(23,24)19-8-4-6-15-13-20-10-9-17(15)19/h2-10,13,22H,11-12,14H2,1H3. The van der Waals surface area contributed by atoms with Crippen LogP contribution in [0.1, 0.15) is 5.56 Å². The molecule has 3 aromatic rings. The van der Waals surface area contributed by atoms with Crippen molar-refractivity contribution in [2.24, 2.45) is 0 Å². The number of sulfonamides is 1. The number of pyridine rings is 1. The van der Waals surface area contributed by atoms with Crippen LogP contribution in [-0.4, -0.2) is 43.1 Å². The van der Waals surface area contributed by atoms with Gasteiger partial charge in [-0.05, 0) is 18.2 Å². The van der Waals surface area contributed by atoms with E-state index in [-0.39, 0.29) is 24.6 Å². The average molecular weight is 372 g/mol. The molecule has 1 heterocycles. The van der Waals surface area contributed by atoms with Crippen molar-refractivity contribution in [1.29, 1.82) is 0 Å². The minimum Gasteiger partial charge on any atom is -0.496 e. The van der Waals surface area contributed by atoms with E-state index in [2.05, 4.69) is 4.98 Å². The van der Waals surface area contributed by atoms with Gasteiger partial charge in [0.1, 0.15) is 5.75 Å². The Morgan fingerprint density at radius 3 is 2.69 bits per heavy atom.